The summed E-state index contributed by atoms with van der Waals surface area (Å²) in [7, 11) is 0. The van der Waals surface area contributed by atoms with Gasteiger partial charge in [0.15, 0.2) is 0 Å². The monoisotopic (exact) mass is 341 g/mol. The van der Waals surface area contributed by atoms with Crippen LogP contribution in [0.3, 0.4) is 0 Å². The lowest BCUT2D eigenvalue weighted by molar-refractivity contribution is -0.115. The van der Waals surface area contributed by atoms with Gasteiger partial charge in [0.05, 0.1) is 5.56 Å². The molecule has 1 N–H and O–H groups in total. The van der Waals surface area contributed by atoms with Crippen molar-refractivity contribution < 1.29 is 9.18 Å². The summed E-state index contributed by atoms with van der Waals surface area (Å²) in [5, 5.41) is 12.7. The molecule has 4 nitrogen and oxygen atoms in total. The van der Waals surface area contributed by atoms with Crippen LogP contribution in [0, 0.1) is 17.1 Å². The van der Waals surface area contributed by atoms with Crippen molar-refractivity contribution in [1.82, 2.24) is 4.98 Å². The Kier molecular flexibility index (Phi) is 5.11. The van der Waals surface area contributed by atoms with Gasteiger partial charge in [-0.25, -0.2) is 9.37 Å². The zero-order valence-electron chi connectivity index (χ0n) is 13.0. The summed E-state index contributed by atoms with van der Waals surface area (Å²) >= 11 is 1.42. The number of hydrogen-bond donors (Lipinski definition) is 1. The minimum atomic E-state index is -0.338. The number of nitrogens with one attached hydrogen (secondary N) is 1. The fourth-order valence-corrected chi connectivity index (χ4v) is 3.56. The highest BCUT2D eigenvalue weighted by atomic mass is 32.2. The van der Waals surface area contributed by atoms with E-state index in [1.54, 1.807) is 0 Å². The third kappa shape index (κ3) is 3.92. The number of benzene rings is 1. The van der Waals surface area contributed by atoms with Gasteiger partial charge < -0.3 is 5.32 Å². The van der Waals surface area contributed by atoms with Gasteiger partial charge in [-0.1, -0.05) is 0 Å². The minimum absolute atomic E-state index is 0.145. The van der Waals surface area contributed by atoms with Crippen LogP contribution in [0.1, 0.15) is 29.7 Å². The van der Waals surface area contributed by atoms with E-state index < -0.39 is 0 Å². The van der Waals surface area contributed by atoms with Crippen LogP contribution in [0.2, 0.25) is 0 Å². The molecule has 1 amide bonds. The van der Waals surface area contributed by atoms with Crippen molar-refractivity contribution >= 4 is 23.4 Å². The van der Waals surface area contributed by atoms with Crippen LogP contribution in [0.5, 0.6) is 0 Å². The first-order valence-electron chi connectivity index (χ1n) is 7.77. The number of hydrogen-bond acceptors (Lipinski definition) is 4. The van der Waals surface area contributed by atoms with Crippen LogP contribution < -0.4 is 5.32 Å². The van der Waals surface area contributed by atoms with E-state index in [0.29, 0.717) is 28.5 Å². The lowest BCUT2D eigenvalue weighted by atomic mass is 10.2. The normalized spacial score (nSPS) is 12.5. The van der Waals surface area contributed by atoms with Crippen LogP contribution in [0.15, 0.2) is 35.4 Å². The highest BCUT2D eigenvalue weighted by Crippen LogP contribution is 2.28. The number of nitriles is 1. The summed E-state index contributed by atoms with van der Waals surface area (Å²) in [5.74, 6) is 0.0528. The molecule has 0 spiro atoms. The number of thioether (sulfide) groups is 1. The number of aromatic nitrogens is 1. The van der Waals surface area contributed by atoms with Gasteiger partial charge in [0.1, 0.15) is 16.9 Å². The van der Waals surface area contributed by atoms with Crippen molar-refractivity contribution in [3.63, 3.8) is 0 Å². The molecule has 1 aromatic carbocycles. The summed E-state index contributed by atoms with van der Waals surface area (Å²) in [6.45, 7) is 0. The summed E-state index contributed by atoms with van der Waals surface area (Å²) in [6, 6.07) is 9.77. The zero-order valence-corrected chi connectivity index (χ0v) is 13.8. The topological polar surface area (TPSA) is 65.8 Å². The van der Waals surface area contributed by atoms with Crippen LogP contribution in [-0.2, 0) is 17.6 Å². The first-order chi connectivity index (χ1) is 11.7. The van der Waals surface area contributed by atoms with E-state index in [4.69, 9.17) is 0 Å². The average Bonchev–Trinajstić information content (AvgIpc) is 3.03. The lowest BCUT2D eigenvalue weighted by Crippen LogP contribution is -2.12. The van der Waals surface area contributed by atoms with Crippen molar-refractivity contribution in [3.05, 3.63) is 53.0 Å². The van der Waals surface area contributed by atoms with Gasteiger partial charge in [-0.2, -0.15) is 5.26 Å². The molecule has 0 saturated heterocycles. The second kappa shape index (κ2) is 7.45. The van der Waals surface area contributed by atoms with Gasteiger partial charge in [-0.05, 0) is 55.2 Å². The molecule has 0 unspecified atom stereocenters. The van der Waals surface area contributed by atoms with Crippen molar-refractivity contribution in [2.75, 3.05) is 11.1 Å². The Bertz CT molecular complexity index is 799. The van der Waals surface area contributed by atoms with Crippen LogP contribution in [0.25, 0.3) is 0 Å². The Morgan fingerprint density at radius 3 is 2.88 bits per heavy atom. The molecule has 1 aromatic heterocycles. The molecule has 0 atom stereocenters. The molecule has 1 aliphatic carbocycles. The molecule has 0 saturated carbocycles. The van der Waals surface area contributed by atoms with Crippen molar-refractivity contribution in [3.8, 4) is 6.07 Å². The first-order valence-corrected chi connectivity index (χ1v) is 8.75. The molecule has 122 valence electrons. The van der Waals surface area contributed by atoms with Crippen molar-refractivity contribution in [2.24, 2.45) is 0 Å². The maximum Gasteiger partial charge on any atom is 0.225 e. The molecule has 0 aliphatic heterocycles. The number of carbonyl (C=O) groups excluding carboxylic acids is 1. The third-order valence-electron chi connectivity index (χ3n) is 3.83. The lowest BCUT2D eigenvalue weighted by Gasteiger charge is -2.07. The summed E-state index contributed by atoms with van der Waals surface area (Å²) < 4.78 is 12.8. The molecular weight excluding hydrogens is 325 g/mol. The molecular formula is C18H16FN3OS. The molecule has 24 heavy (non-hydrogen) atoms. The van der Waals surface area contributed by atoms with Gasteiger partial charge in [0.25, 0.3) is 0 Å². The smallest absolute Gasteiger partial charge is 0.225 e. The summed E-state index contributed by atoms with van der Waals surface area (Å²) in [4.78, 5) is 16.5. The largest absolute Gasteiger partial charge is 0.326 e. The van der Waals surface area contributed by atoms with Gasteiger partial charge in [-0.3, -0.25) is 4.79 Å². The first kappa shape index (κ1) is 16.5. The van der Waals surface area contributed by atoms with Gasteiger partial charge in [0, 0.05) is 23.6 Å². The van der Waals surface area contributed by atoms with E-state index in [9.17, 15) is 14.4 Å². The second-order valence-electron chi connectivity index (χ2n) is 5.57. The molecule has 1 heterocycles. The van der Waals surface area contributed by atoms with Crippen LogP contribution >= 0.6 is 11.8 Å². The number of rotatable bonds is 5. The molecule has 0 bridgehead atoms. The minimum Gasteiger partial charge on any atom is -0.326 e. The van der Waals surface area contributed by atoms with Crippen LogP contribution in [0.4, 0.5) is 10.1 Å². The standard InChI is InChI=1S/C18H16FN3OS/c19-14-4-6-15(7-5-14)21-17(23)8-9-24-18-13(11-20)10-12-2-1-3-16(12)22-18/h4-7,10H,1-3,8-9H2,(H,21,23). The van der Waals surface area contributed by atoms with E-state index in [-0.39, 0.29) is 11.7 Å². The number of carbonyl (C=O) groups is 1. The number of halogens is 1. The fraction of sp³-hybridized carbons (Fsp3) is 0.278. The fourth-order valence-electron chi connectivity index (χ4n) is 2.64. The number of amides is 1. The Hall–Kier alpha value is -2.39. The van der Waals surface area contributed by atoms with E-state index in [1.807, 2.05) is 6.07 Å². The summed E-state index contributed by atoms with van der Waals surface area (Å²) in [6.07, 6.45) is 3.33. The van der Waals surface area contributed by atoms with Crippen molar-refractivity contribution in [1.29, 1.82) is 5.26 Å². The number of pyridine rings is 1. The van der Waals surface area contributed by atoms with E-state index >= 15 is 0 Å². The molecule has 3 rings (SSSR count). The van der Waals surface area contributed by atoms with E-state index in [0.717, 1.165) is 25.0 Å². The molecule has 0 fully saturated rings. The maximum absolute atomic E-state index is 12.8. The maximum atomic E-state index is 12.8. The third-order valence-corrected chi connectivity index (χ3v) is 4.83. The van der Waals surface area contributed by atoms with E-state index in [1.165, 1.54) is 41.6 Å². The predicted molar refractivity (Wildman–Crippen MR) is 91.3 cm³/mol. The Labute approximate surface area is 144 Å². The van der Waals surface area contributed by atoms with Crippen LogP contribution in [-0.4, -0.2) is 16.6 Å². The molecule has 2 aromatic rings. The number of anilines is 1. The Morgan fingerprint density at radius 1 is 1.33 bits per heavy atom. The average molecular weight is 341 g/mol. The predicted octanol–water partition coefficient (Wildman–Crippen LogP) is 3.70. The van der Waals surface area contributed by atoms with Crippen molar-refractivity contribution in [2.45, 2.75) is 30.7 Å². The highest BCUT2D eigenvalue weighted by molar-refractivity contribution is 7.99. The Morgan fingerprint density at radius 2 is 2.12 bits per heavy atom. The zero-order chi connectivity index (χ0) is 16.9. The van der Waals surface area contributed by atoms with Gasteiger partial charge >= 0.3 is 0 Å². The highest BCUT2D eigenvalue weighted by Gasteiger charge is 2.16. The number of nitrogens with zero attached hydrogens (tertiary/aromatic N) is 2. The number of aryl methyl sites for hydroxylation is 2. The summed E-state index contributed by atoms with van der Waals surface area (Å²) in [5.41, 5.74) is 3.40. The molecule has 0 radical (unpaired) electrons. The Balaban J connectivity index is 1.55. The molecule has 1 aliphatic rings. The van der Waals surface area contributed by atoms with E-state index in [2.05, 4.69) is 16.4 Å². The van der Waals surface area contributed by atoms with Gasteiger partial charge in [-0.15, -0.1) is 11.8 Å². The van der Waals surface area contributed by atoms with Gasteiger partial charge in [0.2, 0.25) is 5.91 Å². The SMILES string of the molecule is N#Cc1cc2c(nc1SCCC(=O)Nc1ccc(F)cc1)CCC2. The molecule has 6 heteroatoms. The quantitative estimate of drug-likeness (QED) is 0.842. The second-order valence-corrected chi connectivity index (χ2v) is 6.65. The number of fused-ring (bicyclic) bond motifs is 1.